The average molecular weight is 629 g/mol. The van der Waals surface area contributed by atoms with Crippen LogP contribution in [0.2, 0.25) is 0 Å². The molecule has 2 aliphatic carbocycles. The highest BCUT2D eigenvalue weighted by Crippen LogP contribution is 2.50. The largest absolute Gasteiger partial charge is 0.310 e. The molecule has 2 heteroatoms. The SMILES string of the molecule is CC1(C)c2ccccc2-n2c3ccc(N(C4=C5C=CC=CC5CC=C4)c4cccc5ccccc45)cc3c3cc(-c4ccccc4)cc1c32. The summed E-state index contributed by atoms with van der Waals surface area (Å²) in [6, 6.07) is 47.3. The Bertz CT molecular complexity index is 2600. The van der Waals surface area contributed by atoms with Crippen molar-refractivity contribution >= 4 is 44.0 Å². The molecule has 49 heavy (non-hydrogen) atoms. The van der Waals surface area contributed by atoms with Gasteiger partial charge in [-0.05, 0) is 88.2 Å². The van der Waals surface area contributed by atoms with Crippen LogP contribution < -0.4 is 4.90 Å². The van der Waals surface area contributed by atoms with Gasteiger partial charge in [0.05, 0.1) is 22.4 Å². The Morgan fingerprint density at radius 3 is 2.39 bits per heavy atom. The van der Waals surface area contributed by atoms with Crippen molar-refractivity contribution in [2.75, 3.05) is 4.90 Å². The van der Waals surface area contributed by atoms with Gasteiger partial charge in [0.25, 0.3) is 0 Å². The molecule has 0 saturated carbocycles. The molecule has 2 heterocycles. The topological polar surface area (TPSA) is 8.17 Å². The summed E-state index contributed by atoms with van der Waals surface area (Å²) in [5, 5.41) is 5.05. The highest BCUT2D eigenvalue weighted by Gasteiger charge is 2.36. The molecule has 234 valence electrons. The van der Waals surface area contributed by atoms with Crippen LogP contribution in [0.4, 0.5) is 11.4 Å². The molecule has 0 fully saturated rings. The first-order valence-corrected chi connectivity index (χ1v) is 17.4. The third kappa shape index (κ3) is 4.14. The molecule has 3 aliphatic rings. The van der Waals surface area contributed by atoms with E-state index in [0.29, 0.717) is 5.92 Å². The van der Waals surface area contributed by atoms with Crippen molar-refractivity contribution in [1.29, 1.82) is 0 Å². The fraction of sp³-hybridized carbons (Fsp3) is 0.106. The number of para-hydroxylation sites is 1. The van der Waals surface area contributed by atoms with Crippen molar-refractivity contribution in [2.45, 2.75) is 25.7 Å². The van der Waals surface area contributed by atoms with Crippen LogP contribution in [0.5, 0.6) is 0 Å². The number of aromatic nitrogens is 1. The van der Waals surface area contributed by atoms with Crippen molar-refractivity contribution in [2.24, 2.45) is 5.92 Å². The number of allylic oxidation sites excluding steroid dienone is 7. The number of hydrogen-bond donors (Lipinski definition) is 0. The first-order valence-electron chi connectivity index (χ1n) is 17.4. The zero-order valence-corrected chi connectivity index (χ0v) is 27.8. The van der Waals surface area contributed by atoms with Crippen LogP contribution >= 0.6 is 0 Å². The molecular weight excluding hydrogens is 593 g/mol. The standard InChI is InChI=1S/C47H36N2/c1-47(2)40-22-10-11-23-45(40)49-44-27-26-35(30-38(44)39-28-34(29-41(47)46(39)49)31-14-4-3-5-15-31)48(42-24-12-18-32-16-6-8-20-36(32)42)43-25-13-19-33-17-7-9-21-37(33)43/h3-18,20-30,33H,19H2,1-2H3. The Morgan fingerprint density at radius 2 is 1.47 bits per heavy atom. The monoisotopic (exact) mass is 628 g/mol. The van der Waals surface area contributed by atoms with Gasteiger partial charge in [-0.1, -0.05) is 129 Å². The van der Waals surface area contributed by atoms with Crippen LogP contribution in [0.25, 0.3) is 49.4 Å². The lowest BCUT2D eigenvalue weighted by Gasteiger charge is -2.35. The van der Waals surface area contributed by atoms with E-state index >= 15 is 0 Å². The molecule has 1 unspecified atom stereocenters. The van der Waals surface area contributed by atoms with Gasteiger partial charge in [-0.3, -0.25) is 0 Å². The highest BCUT2D eigenvalue weighted by molar-refractivity contribution is 6.14. The molecule has 1 aromatic heterocycles. The summed E-state index contributed by atoms with van der Waals surface area (Å²) < 4.78 is 2.52. The predicted octanol–water partition coefficient (Wildman–Crippen LogP) is 12.3. The van der Waals surface area contributed by atoms with E-state index < -0.39 is 0 Å². The fourth-order valence-corrected chi connectivity index (χ4v) is 8.64. The number of rotatable bonds is 4. The van der Waals surface area contributed by atoms with Gasteiger partial charge < -0.3 is 9.47 Å². The van der Waals surface area contributed by atoms with Crippen LogP contribution in [-0.4, -0.2) is 4.57 Å². The minimum absolute atomic E-state index is 0.156. The molecule has 1 aliphatic heterocycles. The Hall–Kier alpha value is -5.86. The van der Waals surface area contributed by atoms with Crippen molar-refractivity contribution < 1.29 is 0 Å². The smallest absolute Gasteiger partial charge is 0.0582 e. The van der Waals surface area contributed by atoms with E-state index in [2.05, 4.69) is 187 Å². The predicted molar refractivity (Wildman–Crippen MR) is 207 cm³/mol. The van der Waals surface area contributed by atoms with Gasteiger partial charge in [-0.25, -0.2) is 0 Å². The maximum atomic E-state index is 2.52. The third-order valence-electron chi connectivity index (χ3n) is 11.0. The molecular formula is C47H36N2. The van der Waals surface area contributed by atoms with Gasteiger partial charge >= 0.3 is 0 Å². The number of fused-ring (bicyclic) bond motifs is 7. The van der Waals surface area contributed by atoms with Crippen molar-refractivity contribution in [3.63, 3.8) is 0 Å². The molecule has 0 radical (unpaired) electrons. The number of nitrogens with zero attached hydrogens (tertiary/aromatic N) is 2. The third-order valence-corrected chi connectivity index (χ3v) is 11.0. The molecule has 10 rings (SSSR count). The van der Waals surface area contributed by atoms with Crippen molar-refractivity contribution in [3.05, 3.63) is 186 Å². The summed E-state index contributed by atoms with van der Waals surface area (Å²) in [5.41, 5.74) is 13.8. The molecule has 0 saturated heterocycles. The summed E-state index contributed by atoms with van der Waals surface area (Å²) >= 11 is 0. The number of anilines is 2. The molecule has 0 spiro atoms. The molecule has 2 nitrogen and oxygen atoms in total. The van der Waals surface area contributed by atoms with Gasteiger partial charge in [0.2, 0.25) is 0 Å². The van der Waals surface area contributed by atoms with Crippen LogP contribution in [0.15, 0.2) is 175 Å². The zero-order chi connectivity index (χ0) is 32.7. The Labute approximate surface area is 287 Å². The lowest BCUT2D eigenvalue weighted by Crippen LogP contribution is -2.26. The summed E-state index contributed by atoms with van der Waals surface area (Å²) in [5.74, 6) is 0.372. The summed E-state index contributed by atoms with van der Waals surface area (Å²) in [7, 11) is 0. The van der Waals surface area contributed by atoms with Gasteiger partial charge in [-0.2, -0.15) is 0 Å². The number of benzene rings is 6. The molecule has 0 amide bonds. The summed E-state index contributed by atoms with van der Waals surface area (Å²) in [4.78, 5) is 2.51. The van der Waals surface area contributed by atoms with E-state index in [1.54, 1.807) is 0 Å². The van der Waals surface area contributed by atoms with Crippen LogP contribution in [-0.2, 0) is 5.41 Å². The Kier molecular flexibility index (Phi) is 6.08. The van der Waals surface area contributed by atoms with E-state index in [9.17, 15) is 0 Å². The van der Waals surface area contributed by atoms with E-state index in [-0.39, 0.29) is 5.41 Å². The molecule has 0 N–H and O–H groups in total. The van der Waals surface area contributed by atoms with Gasteiger partial charge in [0.1, 0.15) is 0 Å². The van der Waals surface area contributed by atoms with Crippen LogP contribution in [0, 0.1) is 5.92 Å². The van der Waals surface area contributed by atoms with Gasteiger partial charge in [0.15, 0.2) is 0 Å². The zero-order valence-electron chi connectivity index (χ0n) is 27.8. The summed E-state index contributed by atoms with van der Waals surface area (Å²) in [6.07, 6.45) is 14.7. The maximum Gasteiger partial charge on any atom is 0.0582 e. The molecule has 6 aromatic carbocycles. The van der Waals surface area contributed by atoms with E-state index in [1.165, 1.54) is 77.5 Å². The van der Waals surface area contributed by atoms with Crippen molar-refractivity contribution in [3.8, 4) is 16.8 Å². The van der Waals surface area contributed by atoms with E-state index in [4.69, 9.17) is 0 Å². The normalized spacial score (nSPS) is 17.1. The lowest BCUT2D eigenvalue weighted by molar-refractivity contribution is 0.630. The minimum Gasteiger partial charge on any atom is -0.310 e. The average Bonchev–Trinajstić information content (AvgIpc) is 3.48. The maximum absolute atomic E-state index is 2.52. The first-order chi connectivity index (χ1) is 24.1. The quantitative estimate of drug-likeness (QED) is 0.188. The van der Waals surface area contributed by atoms with Crippen molar-refractivity contribution in [1.82, 2.24) is 4.57 Å². The van der Waals surface area contributed by atoms with Gasteiger partial charge in [-0.15, -0.1) is 0 Å². The van der Waals surface area contributed by atoms with E-state index in [1.807, 2.05) is 0 Å². The lowest BCUT2D eigenvalue weighted by atomic mass is 9.74. The molecule has 7 aromatic rings. The Morgan fingerprint density at radius 1 is 0.653 bits per heavy atom. The van der Waals surface area contributed by atoms with E-state index in [0.717, 1.165) is 12.1 Å². The van der Waals surface area contributed by atoms with Gasteiger partial charge in [0, 0.05) is 38.9 Å². The first kappa shape index (κ1) is 28.2. The fourth-order valence-electron chi connectivity index (χ4n) is 8.64. The molecule has 0 bridgehead atoms. The second kappa shape index (κ2) is 10.6. The second-order valence-corrected chi connectivity index (χ2v) is 14.1. The van der Waals surface area contributed by atoms with Crippen LogP contribution in [0.3, 0.4) is 0 Å². The van der Waals surface area contributed by atoms with Crippen LogP contribution in [0.1, 0.15) is 31.4 Å². The minimum atomic E-state index is -0.156. The Balaban J connectivity index is 1.31. The summed E-state index contributed by atoms with van der Waals surface area (Å²) in [6.45, 7) is 4.77. The number of hydrogen-bond acceptors (Lipinski definition) is 1. The highest BCUT2D eigenvalue weighted by atomic mass is 15.2. The second-order valence-electron chi connectivity index (χ2n) is 14.1. The molecule has 1 atom stereocenters.